The summed E-state index contributed by atoms with van der Waals surface area (Å²) in [4.78, 5) is 0. The van der Waals surface area contributed by atoms with Gasteiger partial charge in [-0.15, -0.1) is 5.10 Å². The molecule has 0 saturated carbocycles. The molecule has 17 heavy (non-hydrogen) atoms. The molecule has 2 N–H and O–H groups in total. The number of hydrogen-bond donors (Lipinski definition) is 1. The normalized spacial score (nSPS) is 10.5. The number of ether oxygens (including phenoxy) is 1. The molecule has 0 saturated heterocycles. The van der Waals surface area contributed by atoms with Crippen LogP contribution in [0.2, 0.25) is 0 Å². The highest BCUT2D eigenvalue weighted by molar-refractivity contribution is 7.13. The summed E-state index contributed by atoms with van der Waals surface area (Å²) in [7, 11) is 0. The Balaban J connectivity index is 2.03. The molecule has 0 radical (unpaired) electrons. The third kappa shape index (κ3) is 3.25. The fourth-order valence-electron chi connectivity index (χ4n) is 1.48. The average Bonchev–Trinajstić information content (AvgIpc) is 2.80. The lowest BCUT2D eigenvalue weighted by molar-refractivity contribution is 0.473. The highest BCUT2D eigenvalue weighted by atomic mass is 32.1. The Kier molecular flexibility index (Phi) is 4.06. The van der Waals surface area contributed by atoms with Crippen molar-refractivity contribution in [2.75, 3.05) is 0 Å². The minimum Gasteiger partial charge on any atom is -0.430 e. The maximum absolute atomic E-state index is 5.58. The van der Waals surface area contributed by atoms with Crippen molar-refractivity contribution in [2.24, 2.45) is 5.73 Å². The highest BCUT2D eigenvalue weighted by Gasteiger charge is 2.04. The first-order chi connectivity index (χ1) is 8.31. The number of hydrogen-bond acceptors (Lipinski definition) is 5. The van der Waals surface area contributed by atoms with E-state index in [1.54, 1.807) is 0 Å². The van der Waals surface area contributed by atoms with Crippen molar-refractivity contribution in [3.05, 3.63) is 34.8 Å². The van der Waals surface area contributed by atoms with Gasteiger partial charge < -0.3 is 10.5 Å². The second-order valence-electron chi connectivity index (χ2n) is 3.66. The van der Waals surface area contributed by atoms with E-state index < -0.39 is 0 Å². The molecule has 0 amide bonds. The van der Waals surface area contributed by atoms with E-state index in [-0.39, 0.29) is 0 Å². The van der Waals surface area contributed by atoms with Gasteiger partial charge in [0.2, 0.25) is 0 Å². The number of nitrogens with zero attached hydrogens (tertiary/aromatic N) is 2. The van der Waals surface area contributed by atoms with Gasteiger partial charge in [0.25, 0.3) is 5.19 Å². The Morgan fingerprint density at radius 2 is 2.00 bits per heavy atom. The second-order valence-corrected chi connectivity index (χ2v) is 4.69. The lowest BCUT2D eigenvalue weighted by Crippen LogP contribution is -1.94. The van der Waals surface area contributed by atoms with E-state index in [1.165, 1.54) is 16.9 Å². The summed E-state index contributed by atoms with van der Waals surface area (Å²) in [5, 5.41) is 9.12. The van der Waals surface area contributed by atoms with Crippen LogP contribution in [0.4, 0.5) is 0 Å². The molecular formula is C12H15N3OS. The number of rotatable bonds is 5. The zero-order valence-electron chi connectivity index (χ0n) is 9.72. The van der Waals surface area contributed by atoms with Gasteiger partial charge in [0.15, 0.2) is 0 Å². The van der Waals surface area contributed by atoms with Crippen molar-refractivity contribution in [3.8, 4) is 10.9 Å². The van der Waals surface area contributed by atoms with E-state index >= 15 is 0 Å². The van der Waals surface area contributed by atoms with Crippen LogP contribution in [0.15, 0.2) is 24.3 Å². The molecule has 0 aliphatic carbocycles. The molecule has 5 heteroatoms. The van der Waals surface area contributed by atoms with E-state index in [1.807, 2.05) is 12.1 Å². The first-order valence-corrected chi connectivity index (χ1v) is 6.42. The summed E-state index contributed by atoms with van der Waals surface area (Å²) in [5.74, 6) is 0.782. The zero-order chi connectivity index (χ0) is 12.1. The van der Waals surface area contributed by atoms with Gasteiger partial charge in [0.1, 0.15) is 10.8 Å². The summed E-state index contributed by atoms with van der Waals surface area (Å²) in [6.45, 7) is 2.57. The molecule has 0 aliphatic heterocycles. The van der Waals surface area contributed by atoms with Crippen LogP contribution in [0.25, 0.3) is 0 Å². The van der Waals surface area contributed by atoms with Gasteiger partial charge in [-0.05, 0) is 24.1 Å². The van der Waals surface area contributed by atoms with Crippen LogP contribution in [0, 0.1) is 0 Å². The van der Waals surface area contributed by atoms with E-state index in [2.05, 4.69) is 29.3 Å². The molecule has 0 atom stereocenters. The number of nitrogens with two attached hydrogens (primary N) is 1. The first-order valence-electron chi connectivity index (χ1n) is 5.61. The highest BCUT2D eigenvalue weighted by Crippen LogP contribution is 2.25. The van der Waals surface area contributed by atoms with Crippen LogP contribution in [0.3, 0.4) is 0 Å². The van der Waals surface area contributed by atoms with Crippen molar-refractivity contribution < 1.29 is 4.74 Å². The maximum atomic E-state index is 5.58. The number of benzene rings is 1. The van der Waals surface area contributed by atoms with Gasteiger partial charge in [-0.25, -0.2) is 0 Å². The Morgan fingerprint density at radius 1 is 1.24 bits per heavy atom. The largest absolute Gasteiger partial charge is 0.430 e. The molecule has 0 fully saturated rings. The molecule has 1 aromatic carbocycles. The van der Waals surface area contributed by atoms with Crippen molar-refractivity contribution in [3.63, 3.8) is 0 Å². The fraction of sp³-hybridized carbons (Fsp3) is 0.333. The van der Waals surface area contributed by atoms with Gasteiger partial charge in [-0.1, -0.05) is 41.9 Å². The van der Waals surface area contributed by atoms with Crippen molar-refractivity contribution in [2.45, 2.75) is 26.3 Å². The lowest BCUT2D eigenvalue weighted by Gasteiger charge is -2.02. The molecule has 0 bridgehead atoms. The monoisotopic (exact) mass is 249 g/mol. The summed E-state index contributed by atoms with van der Waals surface area (Å²) < 4.78 is 5.58. The summed E-state index contributed by atoms with van der Waals surface area (Å²) >= 11 is 1.37. The quantitative estimate of drug-likeness (QED) is 0.885. The minimum atomic E-state index is 0.399. The van der Waals surface area contributed by atoms with Crippen molar-refractivity contribution in [1.82, 2.24) is 10.2 Å². The Hall–Kier alpha value is -1.46. The first kappa shape index (κ1) is 12.0. The molecule has 2 rings (SSSR count). The van der Waals surface area contributed by atoms with Crippen molar-refractivity contribution >= 4 is 11.3 Å². The van der Waals surface area contributed by atoms with Crippen LogP contribution in [-0.2, 0) is 13.0 Å². The molecule has 90 valence electrons. The maximum Gasteiger partial charge on any atom is 0.299 e. The number of aryl methyl sites for hydroxylation is 1. The van der Waals surface area contributed by atoms with Crippen LogP contribution in [-0.4, -0.2) is 10.2 Å². The minimum absolute atomic E-state index is 0.399. The summed E-state index contributed by atoms with van der Waals surface area (Å²) in [6.07, 6.45) is 2.24. The molecule has 2 aromatic rings. The van der Waals surface area contributed by atoms with Gasteiger partial charge in [0, 0.05) is 6.54 Å². The van der Waals surface area contributed by atoms with E-state index in [0.717, 1.165) is 23.6 Å². The van der Waals surface area contributed by atoms with Crippen LogP contribution >= 0.6 is 11.3 Å². The summed E-state index contributed by atoms with van der Waals surface area (Å²) in [5.41, 5.74) is 6.78. The topological polar surface area (TPSA) is 61.0 Å². The molecule has 0 spiro atoms. The molecule has 1 aromatic heterocycles. The van der Waals surface area contributed by atoms with E-state index in [4.69, 9.17) is 10.5 Å². The van der Waals surface area contributed by atoms with Crippen LogP contribution < -0.4 is 10.5 Å². The Labute approximate surface area is 104 Å². The molecule has 4 nitrogen and oxygen atoms in total. The van der Waals surface area contributed by atoms with Gasteiger partial charge in [-0.3, -0.25) is 0 Å². The van der Waals surface area contributed by atoms with E-state index in [0.29, 0.717) is 11.7 Å². The van der Waals surface area contributed by atoms with Gasteiger partial charge in [-0.2, -0.15) is 0 Å². The van der Waals surface area contributed by atoms with Crippen LogP contribution in [0.1, 0.15) is 23.9 Å². The fourth-order valence-corrected chi connectivity index (χ4v) is 2.06. The van der Waals surface area contributed by atoms with Gasteiger partial charge >= 0.3 is 0 Å². The van der Waals surface area contributed by atoms with Crippen molar-refractivity contribution in [1.29, 1.82) is 0 Å². The predicted octanol–water partition coefficient (Wildman–Crippen LogP) is 2.74. The average molecular weight is 249 g/mol. The van der Waals surface area contributed by atoms with E-state index in [9.17, 15) is 0 Å². The Morgan fingerprint density at radius 3 is 2.59 bits per heavy atom. The van der Waals surface area contributed by atoms with Gasteiger partial charge in [0.05, 0.1) is 0 Å². The third-order valence-corrected chi connectivity index (χ3v) is 3.11. The predicted molar refractivity (Wildman–Crippen MR) is 68.3 cm³/mol. The van der Waals surface area contributed by atoms with Crippen LogP contribution in [0.5, 0.6) is 10.9 Å². The molecular weight excluding hydrogens is 234 g/mol. The molecule has 1 heterocycles. The standard InChI is InChI=1S/C12H15N3OS/c1-2-3-9-4-6-10(7-5-9)16-12-15-14-11(8-13)17-12/h4-7H,2-3,8,13H2,1H3. The smallest absolute Gasteiger partial charge is 0.299 e. The number of aromatic nitrogens is 2. The second kappa shape index (κ2) is 5.75. The summed E-state index contributed by atoms with van der Waals surface area (Å²) in [6, 6.07) is 8.05. The lowest BCUT2D eigenvalue weighted by atomic mass is 10.1. The molecule has 0 unspecified atom stereocenters. The SMILES string of the molecule is CCCc1ccc(Oc2nnc(CN)s2)cc1. The Bertz CT molecular complexity index is 467. The third-order valence-electron chi connectivity index (χ3n) is 2.29. The zero-order valence-corrected chi connectivity index (χ0v) is 10.5. The molecule has 0 aliphatic rings.